The number of benzene rings is 1. The Kier molecular flexibility index (Phi) is 1.81. The van der Waals surface area contributed by atoms with Crippen molar-refractivity contribution in [1.82, 2.24) is 4.98 Å². The summed E-state index contributed by atoms with van der Waals surface area (Å²) >= 11 is 0. The summed E-state index contributed by atoms with van der Waals surface area (Å²) in [6.07, 6.45) is 0. The number of H-pyrrole nitrogens is 1. The first-order valence-corrected chi connectivity index (χ1v) is 4.42. The Bertz CT molecular complexity index is 511. The minimum atomic E-state index is -0.877. The molecule has 0 aliphatic carbocycles. The number of hydrogen-bond donors (Lipinski definition) is 2. The van der Waals surface area contributed by atoms with Crippen LogP contribution < -0.4 is 0 Å². The normalized spacial score (nSPS) is 10.7. The molecule has 1 aromatic carbocycles. The Hall–Kier alpha value is -1.77. The standard InChI is InChI=1S/C11H11NO2/c1-6-3-4-8-9(5-6)12-7(2)10(8)11(13)14/h3-5,12H,1-2H3,(H,13,14). The van der Waals surface area contributed by atoms with E-state index >= 15 is 0 Å². The predicted molar refractivity (Wildman–Crippen MR) is 54.7 cm³/mol. The number of aromatic nitrogens is 1. The van der Waals surface area contributed by atoms with Gasteiger partial charge in [-0.05, 0) is 25.5 Å². The number of nitrogens with one attached hydrogen (secondary N) is 1. The molecular weight excluding hydrogens is 178 g/mol. The lowest BCUT2D eigenvalue weighted by atomic mass is 10.1. The Labute approximate surface area is 81.4 Å². The van der Waals surface area contributed by atoms with Gasteiger partial charge in [0.15, 0.2) is 0 Å². The first kappa shape index (κ1) is 8.81. The molecule has 0 aliphatic heterocycles. The minimum Gasteiger partial charge on any atom is -0.478 e. The van der Waals surface area contributed by atoms with E-state index in [1.54, 1.807) is 6.92 Å². The van der Waals surface area contributed by atoms with Gasteiger partial charge in [-0.25, -0.2) is 4.79 Å². The second-order valence-electron chi connectivity index (χ2n) is 3.48. The number of aromatic carboxylic acids is 1. The summed E-state index contributed by atoms with van der Waals surface area (Å²) in [6, 6.07) is 5.72. The van der Waals surface area contributed by atoms with Gasteiger partial charge in [-0.2, -0.15) is 0 Å². The summed E-state index contributed by atoms with van der Waals surface area (Å²) in [7, 11) is 0. The van der Waals surface area contributed by atoms with Gasteiger partial charge in [-0.15, -0.1) is 0 Å². The molecule has 0 unspecified atom stereocenters. The molecule has 1 aromatic heterocycles. The van der Waals surface area contributed by atoms with Gasteiger partial charge in [-0.1, -0.05) is 12.1 Å². The fourth-order valence-corrected chi connectivity index (χ4v) is 1.72. The van der Waals surface area contributed by atoms with Crippen molar-refractivity contribution in [3.8, 4) is 0 Å². The topological polar surface area (TPSA) is 53.1 Å². The van der Waals surface area contributed by atoms with Gasteiger partial charge in [-0.3, -0.25) is 0 Å². The van der Waals surface area contributed by atoms with Crippen LogP contribution in [0, 0.1) is 13.8 Å². The molecule has 0 saturated carbocycles. The molecule has 2 N–H and O–H groups in total. The zero-order chi connectivity index (χ0) is 10.3. The van der Waals surface area contributed by atoms with E-state index in [9.17, 15) is 4.79 Å². The first-order valence-electron chi connectivity index (χ1n) is 4.42. The largest absolute Gasteiger partial charge is 0.478 e. The summed E-state index contributed by atoms with van der Waals surface area (Å²) in [4.78, 5) is 14.0. The number of hydrogen-bond acceptors (Lipinski definition) is 1. The molecule has 14 heavy (non-hydrogen) atoms. The van der Waals surface area contributed by atoms with E-state index in [2.05, 4.69) is 4.98 Å². The van der Waals surface area contributed by atoms with Gasteiger partial charge in [0.05, 0.1) is 5.56 Å². The summed E-state index contributed by atoms with van der Waals surface area (Å²) in [5.74, 6) is -0.877. The number of aryl methyl sites for hydroxylation is 2. The minimum absolute atomic E-state index is 0.375. The van der Waals surface area contributed by atoms with Crippen LogP contribution in [0.15, 0.2) is 18.2 Å². The van der Waals surface area contributed by atoms with E-state index in [0.717, 1.165) is 16.5 Å². The molecule has 0 spiro atoms. The molecule has 0 atom stereocenters. The lowest BCUT2D eigenvalue weighted by molar-refractivity contribution is 0.0698. The van der Waals surface area contributed by atoms with Crippen LogP contribution in [-0.4, -0.2) is 16.1 Å². The molecule has 0 fully saturated rings. The van der Waals surface area contributed by atoms with E-state index < -0.39 is 5.97 Å². The highest BCUT2D eigenvalue weighted by atomic mass is 16.4. The Morgan fingerprint density at radius 2 is 2.07 bits per heavy atom. The molecule has 3 nitrogen and oxygen atoms in total. The Balaban J connectivity index is 2.84. The SMILES string of the molecule is Cc1ccc2c(C(=O)O)c(C)[nH]c2c1. The third-order valence-corrected chi connectivity index (χ3v) is 2.36. The average Bonchev–Trinajstić information content (AvgIpc) is 2.39. The zero-order valence-electron chi connectivity index (χ0n) is 8.09. The van der Waals surface area contributed by atoms with Crippen LogP contribution >= 0.6 is 0 Å². The van der Waals surface area contributed by atoms with Gasteiger partial charge in [0.25, 0.3) is 0 Å². The van der Waals surface area contributed by atoms with Gasteiger partial charge in [0.1, 0.15) is 0 Å². The van der Waals surface area contributed by atoms with Crippen LogP contribution in [0.25, 0.3) is 10.9 Å². The maximum Gasteiger partial charge on any atom is 0.338 e. The van der Waals surface area contributed by atoms with Crippen molar-refractivity contribution in [2.24, 2.45) is 0 Å². The Morgan fingerprint density at radius 3 is 2.71 bits per heavy atom. The predicted octanol–water partition coefficient (Wildman–Crippen LogP) is 2.48. The zero-order valence-corrected chi connectivity index (χ0v) is 8.09. The molecule has 72 valence electrons. The monoisotopic (exact) mass is 189 g/mol. The molecule has 0 radical (unpaired) electrons. The maximum absolute atomic E-state index is 11.0. The fraction of sp³-hybridized carbons (Fsp3) is 0.182. The smallest absolute Gasteiger partial charge is 0.338 e. The lowest BCUT2D eigenvalue weighted by Gasteiger charge is -1.94. The molecule has 1 heterocycles. The van der Waals surface area contributed by atoms with Gasteiger partial charge < -0.3 is 10.1 Å². The number of fused-ring (bicyclic) bond motifs is 1. The van der Waals surface area contributed by atoms with Gasteiger partial charge in [0, 0.05) is 16.6 Å². The van der Waals surface area contributed by atoms with Gasteiger partial charge >= 0.3 is 5.97 Å². The molecule has 3 heteroatoms. The molecule has 0 aliphatic rings. The van der Waals surface area contributed by atoms with Crippen molar-refractivity contribution in [2.45, 2.75) is 13.8 Å². The highest BCUT2D eigenvalue weighted by molar-refractivity contribution is 6.04. The summed E-state index contributed by atoms with van der Waals surface area (Å²) < 4.78 is 0. The second kappa shape index (κ2) is 2.87. The highest BCUT2D eigenvalue weighted by Gasteiger charge is 2.14. The number of aromatic amines is 1. The van der Waals surface area contributed by atoms with Crippen LogP contribution in [0.1, 0.15) is 21.6 Å². The van der Waals surface area contributed by atoms with E-state index in [1.165, 1.54) is 0 Å². The van der Waals surface area contributed by atoms with E-state index in [4.69, 9.17) is 5.11 Å². The highest BCUT2D eigenvalue weighted by Crippen LogP contribution is 2.22. The van der Waals surface area contributed by atoms with Crippen LogP contribution in [-0.2, 0) is 0 Å². The molecule has 2 aromatic rings. The molecule has 0 saturated heterocycles. The quantitative estimate of drug-likeness (QED) is 0.724. The number of carboxylic acid groups (broad SMARTS) is 1. The fourth-order valence-electron chi connectivity index (χ4n) is 1.72. The summed E-state index contributed by atoms with van der Waals surface area (Å²) in [6.45, 7) is 3.76. The van der Waals surface area contributed by atoms with Crippen LogP contribution in [0.5, 0.6) is 0 Å². The van der Waals surface area contributed by atoms with Crippen molar-refractivity contribution in [2.75, 3.05) is 0 Å². The summed E-state index contributed by atoms with van der Waals surface area (Å²) in [5, 5.41) is 9.78. The maximum atomic E-state index is 11.0. The Morgan fingerprint density at radius 1 is 1.36 bits per heavy atom. The first-order chi connectivity index (χ1) is 6.59. The third kappa shape index (κ3) is 1.18. The van der Waals surface area contributed by atoms with Crippen LogP contribution in [0.2, 0.25) is 0 Å². The summed E-state index contributed by atoms with van der Waals surface area (Å²) in [5.41, 5.74) is 3.09. The van der Waals surface area contributed by atoms with Crippen molar-refractivity contribution in [1.29, 1.82) is 0 Å². The van der Waals surface area contributed by atoms with Crippen LogP contribution in [0.4, 0.5) is 0 Å². The second-order valence-corrected chi connectivity index (χ2v) is 3.48. The van der Waals surface area contributed by atoms with Crippen molar-refractivity contribution < 1.29 is 9.90 Å². The average molecular weight is 189 g/mol. The van der Waals surface area contributed by atoms with E-state index in [0.29, 0.717) is 11.3 Å². The van der Waals surface area contributed by atoms with Crippen molar-refractivity contribution >= 4 is 16.9 Å². The third-order valence-electron chi connectivity index (χ3n) is 2.36. The molecule has 0 amide bonds. The number of rotatable bonds is 1. The molecule has 0 bridgehead atoms. The lowest BCUT2D eigenvalue weighted by Crippen LogP contribution is -1.96. The van der Waals surface area contributed by atoms with Crippen molar-refractivity contribution in [3.63, 3.8) is 0 Å². The van der Waals surface area contributed by atoms with E-state index in [1.807, 2.05) is 25.1 Å². The van der Waals surface area contributed by atoms with Gasteiger partial charge in [0.2, 0.25) is 0 Å². The van der Waals surface area contributed by atoms with Crippen LogP contribution in [0.3, 0.4) is 0 Å². The molecule has 2 rings (SSSR count). The van der Waals surface area contributed by atoms with Crippen molar-refractivity contribution in [3.05, 3.63) is 35.0 Å². The molecular formula is C11H11NO2. The number of carboxylic acids is 1. The number of carbonyl (C=O) groups is 1. The van der Waals surface area contributed by atoms with E-state index in [-0.39, 0.29) is 0 Å².